The van der Waals surface area contributed by atoms with Crippen LogP contribution in [0.5, 0.6) is 0 Å². The Morgan fingerprint density at radius 1 is 1.00 bits per heavy atom. The van der Waals surface area contributed by atoms with Gasteiger partial charge in [-0.3, -0.25) is 0 Å². The van der Waals surface area contributed by atoms with Gasteiger partial charge < -0.3 is 10.6 Å². The second-order valence-corrected chi connectivity index (χ2v) is 8.00. The van der Waals surface area contributed by atoms with Gasteiger partial charge in [0.25, 0.3) is 0 Å². The smallest absolute Gasteiger partial charge is 0.240 e. The summed E-state index contributed by atoms with van der Waals surface area (Å²) in [4.78, 5) is 2.31. The van der Waals surface area contributed by atoms with Crippen molar-refractivity contribution in [3.8, 4) is 0 Å². The summed E-state index contributed by atoms with van der Waals surface area (Å²) in [5.74, 6) is 0. The zero-order chi connectivity index (χ0) is 17.7. The average Bonchev–Trinajstić information content (AvgIpc) is 2.53. The van der Waals surface area contributed by atoms with Crippen molar-refractivity contribution in [1.29, 1.82) is 0 Å². The fourth-order valence-electron chi connectivity index (χ4n) is 2.34. The van der Waals surface area contributed by atoms with Crippen LogP contribution in [-0.4, -0.2) is 27.4 Å². The van der Waals surface area contributed by atoms with Gasteiger partial charge in [0.05, 0.1) is 4.90 Å². The first kappa shape index (κ1) is 21.6. The normalized spacial score (nSPS) is 12.7. The molecule has 138 valence electrons. The number of benzene rings is 2. The lowest BCUT2D eigenvalue weighted by molar-refractivity contribution is 0.402. The third-order valence-corrected chi connectivity index (χ3v) is 5.12. The van der Waals surface area contributed by atoms with Crippen molar-refractivity contribution in [3.63, 3.8) is 0 Å². The summed E-state index contributed by atoms with van der Waals surface area (Å²) >= 11 is 0. The molecule has 0 bridgehead atoms. The van der Waals surface area contributed by atoms with Crippen molar-refractivity contribution in [2.75, 3.05) is 14.1 Å². The summed E-state index contributed by atoms with van der Waals surface area (Å²) in [6.07, 6.45) is 0. The molecule has 1 unspecified atom stereocenters. The molecule has 0 spiro atoms. The van der Waals surface area contributed by atoms with E-state index >= 15 is 0 Å². The molecule has 0 aromatic heterocycles. The van der Waals surface area contributed by atoms with E-state index < -0.39 is 10.0 Å². The van der Waals surface area contributed by atoms with E-state index in [1.54, 1.807) is 12.1 Å². The monoisotopic (exact) mass is 383 g/mol. The highest BCUT2D eigenvalue weighted by atomic mass is 35.5. The van der Waals surface area contributed by atoms with Crippen LogP contribution in [0.2, 0.25) is 0 Å². The summed E-state index contributed by atoms with van der Waals surface area (Å²) < 4.78 is 27.4. The second kappa shape index (κ2) is 9.31. The predicted octanol–water partition coefficient (Wildman–Crippen LogP) is 2.67. The van der Waals surface area contributed by atoms with E-state index in [0.29, 0.717) is 0 Å². The van der Waals surface area contributed by atoms with Crippen LogP contribution in [0.1, 0.15) is 29.7 Å². The molecule has 1 atom stereocenters. The fourth-order valence-corrected chi connectivity index (χ4v) is 3.36. The van der Waals surface area contributed by atoms with Crippen LogP contribution in [0.25, 0.3) is 0 Å². The molecule has 0 aliphatic rings. The van der Waals surface area contributed by atoms with Crippen LogP contribution in [0.3, 0.4) is 0 Å². The molecule has 0 aliphatic heterocycles. The minimum atomic E-state index is -3.52. The van der Waals surface area contributed by atoms with E-state index in [-0.39, 0.29) is 29.9 Å². The van der Waals surface area contributed by atoms with Gasteiger partial charge in [-0.05, 0) is 49.8 Å². The van der Waals surface area contributed by atoms with Crippen LogP contribution >= 0.6 is 12.4 Å². The van der Waals surface area contributed by atoms with Gasteiger partial charge in [-0.2, -0.15) is 0 Å². The van der Waals surface area contributed by atoms with Gasteiger partial charge in [-0.25, -0.2) is 13.1 Å². The number of halogens is 1. The summed E-state index contributed by atoms with van der Waals surface area (Å²) in [5, 5.41) is 0. The first-order valence-corrected chi connectivity index (χ1v) is 9.34. The van der Waals surface area contributed by atoms with Gasteiger partial charge in [0.1, 0.15) is 0 Å². The van der Waals surface area contributed by atoms with Gasteiger partial charge in [-0.15, -0.1) is 12.4 Å². The summed E-state index contributed by atoms with van der Waals surface area (Å²) in [7, 11) is 0.432. The summed E-state index contributed by atoms with van der Waals surface area (Å²) in [6.45, 7) is 2.94. The van der Waals surface area contributed by atoms with Crippen LogP contribution < -0.4 is 10.5 Å². The van der Waals surface area contributed by atoms with Crippen LogP contribution in [-0.2, 0) is 23.1 Å². The van der Waals surface area contributed by atoms with Gasteiger partial charge in [0.15, 0.2) is 0 Å². The van der Waals surface area contributed by atoms with E-state index in [4.69, 9.17) is 5.73 Å². The van der Waals surface area contributed by atoms with Gasteiger partial charge in [0.2, 0.25) is 10.0 Å². The topological polar surface area (TPSA) is 75.4 Å². The lowest BCUT2D eigenvalue weighted by Gasteiger charge is -2.11. The molecular weight excluding hydrogens is 358 g/mol. The van der Waals surface area contributed by atoms with Crippen molar-refractivity contribution < 1.29 is 8.42 Å². The lowest BCUT2D eigenvalue weighted by atomic mass is 10.1. The molecular formula is C18H26ClN3O2S. The third-order valence-electron chi connectivity index (χ3n) is 3.70. The van der Waals surface area contributed by atoms with Crippen molar-refractivity contribution in [2.45, 2.75) is 31.0 Å². The average molecular weight is 384 g/mol. The minimum absolute atomic E-state index is 0. The third kappa shape index (κ3) is 6.41. The standard InChI is InChI=1S/C18H25N3O2S.ClH/c1-14(19)17-8-4-15(5-9-17)12-20-24(22,23)18-10-6-16(7-11-18)13-21(2)3;/h4-11,14,20H,12-13,19H2,1-3H3;1H. The lowest BCUT2D eigenvalue weighted by Crippen LogP contribution is -2.23. The molecule has 25 heavy (non-hydrogen) atoms. The molecule has 2 aromatic rings. The van der Waals surface area contributed by atoms with Crippen molar-refractivity contribution in [1.82, 2.24) is 9.62 Å². The largest absolute Gasteiger partial charge is 0.324 e. The maximum Gasteiger partial charge on any atom is 0.240 e. The Morgan fingerprint density at radius 2 is 1.52 bits per heavy atom. The maximum absolute atomic E-state index is 12.4. The van der Waals surface area contributed by atoms with Gasteiger partial charge in [0, 0.05) is 19.1 Å². The molecule has 2 rings (SSSR count). The van der Waals surface area contributed by atoms with Crippen LogP contribution in [0.15, 0.2) is 53.4 Å². The number of nitrogens with zero attached hydrogens (tertiary/aromatic N) is 1. The Hall–Kier alpha value is -1.44. The SMILES string of the molecule is CC(N)c1ccc(CNS(=O)(=O)c2ccc(CN(C)C)cc2)cc1.Cl. The second-order valence-electron chi connectivity index (χ2n) is 6.24. The Kier molecular flexibility index (Phi) is 8.05. The van der Waals surface area contributed by atoms with E-state index in [1.807, 2.05) is 62.3 Å². The van der Waals surface area contributed by atoms with E-state index in [9.17, 15) is 8.42 Å². The Morgan fingerprint density at radius 3 is 2.00 bits per heavy atom. The molecule has 0 radical (unpaired) electrons. The molecule has 0 fully saturated rings. The van der Waals surface area contributed by atoms with Crippen molar-refractivity contribution in [3.05, 3.63) is 65.2 Å². The van der Waals surface area contributed by atoms with Crippen molar-refractivity contribution in [2.24, 2.45) is 5.73 Å². The quantitative estimate of drug-likeness (QED) is 0.770. The fraction of sp³-hybridized carbons (Fsp3) is 0.333. The molecule has 3 N–H and O–H groups in total. The number of nitrogens with two attached hydrogens (primary N) is 1. The predicted molar refractivity (Wildman–Crippen MR) is 104 cm³/mol. The molecule has 0 aliphatic carbocycles. The number of hydrogen-bond acceptors (Lipinski definition) is 4. The number of nitrogens with one attached hydrogen (secondary N) is 1. The van der Waals surface area contributed by atoms with E-state index in [1.165, 1.54) is 0 Å². The van der Waals surface area contributed by atoms with E-state index in [2.05, 4.69) is 4.72 Å². The zero-order valence-electron chi connectivity index (χ0n) is 14.8. The molecule has 5 nitrogen and oxygen atoms in total. The van der Waals surface area contributed by atoms with Crippen LogP contribution in [0.4, 0.5) is 0 Å². The molecule has 0 saturated carbocycles. The highest BCUT2D eigenvalue weighted by Crippen LogP contribution is 2.14. The Balaban J connectivity index is 0.00000312. The van der Waals surface area contributed by atoms with Gasteiger partial charge >= 0.3 is 0 Å². The maximum atomic E-state index is 12.4. The molecule has 0 heterocycles. The summed E-state index contributed by atoms with van der Waals surface area (Å²) in [5.41, 5.74) is 8.81. The minimum Gasteiger partial charge on any atom is -0.324 e. The van der Waals surface area contributed by atoms with Crippen LogP contribution in [0, 0.1) is 0 Å². The first-order valence-electron chi connectivity index (χ1n) is 7.85. The highest BCUT2D eigenvalue weighted by molar-refractivity contribution is 7.89. The molecule has 2 aromatic carbocycles. The Bertz CT molecular complexity index is 758. The zero-order valence-corrected chi connectivity index (χ0v) is 16.4. The number of sulfonamides is 1. The first-order chi connectivity index (χ1) is 11.3. The molecule has 0 amide bonds. The summed E-state index contributed by atoms with van der Waals surface area (Å²) in [6, 6.07) is 14.5. The molecule has 0 saturated heterocycles. The van der Waals surface area contributed by atoms with E-state index in [0.717, 1.165) is 23.2 Å². The number of hydrogen-bond donors (Lipinski definition) is 2. The highest BCUT2D eigenvalue weighted by Gasteiger charge is 2.13. The number of rotatable bonds is 7. The Labute approximate surface area is 156 Å². The van der Waals surface area contributed by atoms with Gasteiger partial charge in [-0.1, -0.05) is 36.4 Å². The van der Waals surface area contributed by atoms with Crippen molar-refractivity contribution >= 4 is 22.4 Å². The molecule has 7 heteroatoms.